The van der Waals surface area contributed by atoms with Crippen LogP contribution in [-0.2, 0) is 11.2 Å². The van der Waals surface area contributed by atoms with Crippen LogP contribution in [-0.4, -0.2) is 17.3 Å². The van der Waals surface area contributed by atoms with Crippen LogP contribution in [0.15, 0.2) is 36.5 Å². The number of rotatable bonds is 5. The monoisotopic (exact) mass is 242 g/mol. The first-order chi connectivity index (χ1) is 8.70. The summed E-state index contributed by atoms with van der Waals surface area (Å²) in [6.07, 6.45) is 2.78. The Labute approximate surface area is 107 Å². The molecule has 1 unspecified atom stereocenters. The summed E-state index contributed by atoms with van der Waals surface area (Å²) in [5, 5.41) is 1.06. The molecule has 0 amide bonds. The van der Waals surface area contributed by atoms with E-state index in [1.165, 1.54) is 0 Å². The quantitative estimate of drug-likeness (QED) is 0.875. The molecule has 1 atom stereocenters. The van der Waals surface area contributed by atoms with Gasteiger partial charge in [-0.1, -0.05) is 25.1 Å². The number of pyridine rings is 1. The van der Waals surface area contributed by atoms with Crippen LogP contribution < -0.4 is 5.73 Å². The van der Waals surface area contributed by atoms with Gasteiger partial charge in [-0.2, -0.15) is 0 Å². The molecule has 94 valence electrons. The predicted octanol–water partition coefficient (Wildman–Crippen LogP) is 2.33. The number of hydrogen-bond acceptors (Lipinski definition) is 3. The van der Waals surface area contributed by atoms with Gasteiger partial charge in [-0.15, -0.1) is 0 Å². The van der Waals surface area contributed by atoms with Crippen LogP contribution in [0.25, 0.3) is 10.9 Å². The van der Waals surface area contributed by atoms with Gasteiger partial charge in [0.15, 0.2) is 0 Å². The van der Waals surface area contributed by atoms with Crippen molar-refractivity contribution in [2.24, 2.45) is 11.7 Å². The maximum atomic E-state index is 11.9. The molecular weight excluding hydrogens is 224 g/mol. The van der Waals surface area contributed by atoms with Crippen molar-refractivity contribution < 1.29 is 4.79 Å². The summed E-state index contributed by atoms with van der Waals surface area (Å²) in [5.41, 5.74) is 7.53. The molecule has 0 spiro atoms. The third-order valence-corrected chi connectivity index (χ3v) is 3.11. The zero-order valence-corrected chi connectivity index (χ0v) is 10.6. The van der Waals surface area contributed by atoms with Crippen molar-refractivity contribution in [3.05, 3.63) is 42.1 Å². The molecule has 3 nitrogen and oxygen atoms in total. The number of aromatic nitrogens is 1. The average molecular weight is 242 g/mol. The maximum absolute atomic E-state index is 11.9. The Bertz CT molecular complexity index is 546. The molecule has 0 fully saturated rings. The van der Waals surface area contributed by atoms with Crippen molar-refractivity contribution in [3.8, 4) is 0 Å². The molecule has 0 bridgehead atoms. The van der Waals surface area contributed by atoms with Gasteiger partial charge in [0.25, 0.3) is 0 Å². The summed E-state index contributed by atoms with van der Waals surface area (Å²) >= 11 is 0. The van der Waals surface area contributed by atoms with Crippen molar-refractivity contribution in [2.75, 3.05) is 6.54 Å². The SMILES string of the molecule is CC(CN)CC(=O)Cc1ccnc2ccccc12. The van der Waals surface area contributed by atoms with Gasteiger partial charge < -0.3 is 5.73 Å². The molecule has 2 N–H and O–H groups in total. The number of hydrogen-bond donors (Lipinski definition) is 1. The highest BCUT2D eigenvalue weighted by atomic mass is 16.1. The highest BCUT2D eigenvalue weighted by Gasteiger charge is 2.10. The number of carbonyl (C=O) groups excluding carboxylic acids is 1. The smallest absolute Gasteiger partial charge is 0.137 e. The lowest BCUT2D eigenvalue weighted by Crippen LogP contribution is -2.16. The van der Waals surface area contributed by atoms with Crippen molar-refractivity contribution in [1.82, 2.24) is 4.98 Å². The number of ketones is 1. The minimum absolute atomic E-state index is 0.240. The second-order valence-corrected chi connectivity index (χ2v) is 4.75. The standard InChI is InChI=1S/C15H18N2O/c1-11(10-16)8-13(18)9-12-6-7-17-15-5-3-2-4-14(12)15/h2-7,11H,8-10,16H2,1H3. The molecule has 0 radical (unpaired) electrons. The van der Waals surface area contributed by atoms with E-state index in [1.807, 2.05) is 37.3 Å². The molecule has 0 aliphatic rings. The fraction of sp³-hybridized carbons (Fsp3) is 0.333. The molecule has 3 heteroatoms. The second-order valence-electron chi connectivity index (χ2n) is 4.75. The number of carbonyl (C=O) groups is 1. The van der Waals surface area contributed by atoms with Gasteiger partial charge in [-0.05, 0) is 30.2 Å². The summed E-state index contributed by atoms with van der Waals surface area (Å²) < 4.78 is 0. The largest absolute Gasteiger partial charge is 0.330 e. The van der Waals surface area contributed by atoms with Gasteiger partial charge in [-0.3, -0.25) is 9.78 Å². The van der Waals surface area contributed by atoms with Crippen molar-refractivity contribution in [2.45, 2.75) is 19.8 Å². The molecule has 0 saturated carbocycles. The van der Waals surface area contributed by atoms with E-state index in [0.717, 1.165) is 16.5 Å². The molecule has 0 aliphatic carbocycles. The molecule has 1 aromatic carbocycles. The molecular formula is C15H18N2O. The summed E-state index contributed by atoms with van der Waals surface area (Å²) in [7, 11) is 0. The lowest BCUT2D eigenvalue weighted by Gasteiger charge is -2.08. The van der Waals surface area contributed by atoms with Crippen molar-refractivity contribution >= 4 is 16.7 Å². The maximum Gasteiger partial charge on any atom is 0.137 e. The first-order valence-corrected chi connectivity index (χ1v) is 6.25. The van der Waals surface area contributed by atoms with E-state index in [4.69, 9.17) is 5.73 Å². The zero-order valence-electron chi connectivity index (χ0n) is 10.6. The fourth-order valence-electron chi connectivity index (χ4n) is 2.07. The molecule has 0 saturated heterocycles. The molecule has 18 heavy (non-hydrogen) atoms. The van der Waals surface area contributed by atoms with E-state index in [-0.39, 0.29) is 11.7 Å². The lowest BCUT2D eigenvalue weighted by molar-refractivity contribution is -0.119. The third kappa shape index (κ3) is 2.93. The van der Waals surface area contributed by atoms with Crippen LogP contribution in [0, 0.1) is 5.92 Å². The topological polar surface area (TPSA) is 56.0 Å². The van der Waals surface area contributed by atoms with E-state index < -0.39 is 0 Å². The predicted molar refractivity (Wildman–Crippen MR) is 73.3 cm³/mol. The van der Waals surface area contributed by atoms with Crippen LogP contribution in [0.3, 0.4) is 0 Å². The second kappa shape index (κ2) is 5.74. The Morgan fingerprint density at radius 2 is 2.11 bits per heavy atom. The van der Waals surface area contributed by atoms with E-state index >= 15 is 0 Å². The molecule has 1 heterocycles. The van der Waals surface area contributed by atoms with Gasteiger partial charge in [0, 0.05) is 24.4 Å². The highest BCUT2D eigenvalue weighted by molar-refractivity contribution is 5.88. The minimum Gasteiger partial charge on any atom is -0.330 e. The Morgan fingerprint density at radius 3 is 2.89 bits per heavy atom. The van der Waals surface area contributed by atoms with Gasteiger partial charge in [-0.25, -0.2) is 0 Å². The average Bonchev–Trinajstić information content (AvgIpc) is 2.39. The zero-order chi connectivity index (χ0) is 13.0. The summed E-state index contributed by atoms with van der Waals surface area (Å²) in [6.45, 7) is 2.56. The number of nitrogens with two attached hydrogens (primary N) is 1. The van der Waals surface area contributed by atoms with Crippen molar-refractivity contribution in [1.29, 1.82) is 0 Å². The molecule has 2 aromatic rings. The van der Waals surface area contributed by atoms with Gasteiger partial charge in [0.2, 0.25) is 0 Å². The first-order valence-electron chi connectivity index (χ1n) is 6.25. The summed E-state index contributed by atoms with van der Waals surface area (Å²) in [4.78, 5) is 16.2. The highest BCUT2D eigenvalue weighted by Crippen LogP contribution is 2.17. The summed E-state index contributed by atoms with van der Waals surface area (Å²) in [6, 6.07) is 9.83. The number of benzene rings is 1. The number of Topliss-reactive ketones (excluding diaryl/α,β-unsaturated/α-hetero) is 1. The van der Waals surface area contributed by atoms with E-state index in [0.29, 0.717) is 19.4 Å². The lowest BCUT2D eigenvalue weighted by atomic mass is 9.98. The number of para-hydroxylation sites is 1. The van der Waals surface area contributed by atoms with E-state index in [2.05, 4.69) is 4.98 Å². The van der Waals surface area contributed by atoms with Crippen LogP contribution >= 0.6 is 0 Å². The van der Waals surface area contributed by atoms with Gasteiger partial charge in [0.1, 0.15) is 5.78 Å². The van der Waals surface area contributed by atoms with Gasteiger partial charge in [0.05, 0.1) is 5.52 Å². The third-order valence-electron chi connectivity index (χ3n) is 3.11. The van der Waals surface area contributed by atoms with Crippen LogP contribution in [0.1, 0.15) is 18.9 Å². The van der Waals surface area contributed by atoms with Crippen LogP contribution in [0.2, 0.25) is 0 Å². The van der Waals surface area contributed by atoms with E-state index in [9.17, 15) is 4.79 Å². The van der Waals surface area contributed by atoms with Gasteiger partial charge >= 0.3 is 0 Å². The van der Waals surface area contributed by atoms with E-state index in [1.54, 1.807) is 6.20 Å². The number of fused-ring (bicyclic) bond motifs is 1. The normalized spacial score (nSPS) is 12.6. The first kappa shape index (κ1) is 12.7. The molecule has 1 aromatic heterocycles. The fourth-order valence-corrected chi connectivity index (χ4v) is 2.07. The van der Waals surface area contributed by atoms with Crippen LogP contribution in [0.4, 0.5) is 0 Å². The Kier molecular flexibility index (Phi) is 4.05. The van der Waals surface area contributed by atoms with Crippen LogP contribution in [0.5, 0.6) is 0 Å². The molecule has 2 rings (SSSR count). The number of nitrogens with zero attached hydrogens (tertiary/aromatic N) is 1. The van der Waals surface area contributed by atoms with Crippen molar-refractivity contribution in [3.63, 3.8) is 0 Å². The minimum atomic E-state index is 0.240. The Balaban J connectivity index is 2.19. The molecule has 0 aliphatic heterocycles. The summed E-state index contributed by atoms with van der Waals surface area (Å²) in [5.74, 6) is 0.495. The Morgan fingerprint density at radius 1 is 1.33 bits per heavy atom. The Hall–Kier alpha value is -1.74.